The van der Waals surface area contributed by atoms with E-state index in [-0.39, 0.29) is 18.7 Å². The minimum Gasteiger partial charge on any atom is -0.492 e. The zero-order valence-corrected chi connectivity index (χ0v) is 7.28. The molecular weight excluding hydrogens is 172 g/mol. The van der Waals surface area contributed by atoms with Crippen molar-refractivity contribution in [3.05, 3.63) is 11.3 Å². The van der Waals surface area contributed by atoms with E-state index in [1.165, 1.54) is 0 Å². The number of carbonyl (C=O) groups is 1. The van der Waals surface area contributed by atoms with E-state index in [1.54, 1.807) is 0 Å². The minimum atomic E-state index is -0.256. The Morgan fingerprint density at radius 2 is 2.31 bits per heavy atom. The number of esters is 1. The van der Waals surface area contributed by atoms with Gasteiger partial charge in [0.1, 0.15) is 11.9 Å². The van der Waals surface area contributed by atoms with E-state index in [0.717, 1.165) is 18.6 Å². The molecule has 0 aromatic rings. The van der Waals surface area contributed by atoms with Gasteiger partial charge in [0.15, 0.2) is 0 Å². The van der Waals surface area contributed by atoms with Gasteiger partial charge in [0, 0.05) is 12.8 Å². The summed E-state index contributed by atoms with van der Waals surface area (Å²) in [5.74, 6) is 0.468. The standard InChI is InChI=1S/C9H12O4/c10-5-6-1-2-8(13-6)7-3-4-12-9(7)11/h6,10H,1-5H2/b8-7-/t6-/m1/s1. The summed E-state index contributed by atoms with van der Waals surface area (Å²) in [7, 11) is 0. The van der Waals surface area contributed by atoms with E-state index in [0.29, 0.717) is 18.6 Å². The Labute approximate surface area is 76.1 Å². The first-order valence-corrected chi connectivity index (χ1v) is 4.48. The molecule has 72 valence electrons. The van der Waals surface area contributed by atoms with Crippen molar-refractivity contribution in [3.63, 3.8) is 0 Å². The van der Waals surface area contributed by atoms with Crippen molar-refractivity contribution in [2.24, 2.45) is 0 Å². The number of aliphatic hydroxyl groups excluding tert-OH is 1. The SMILES string of the molecule is O=C1OCC/C1=C1\CC[C@H](CO)O1. The molecule has 2 heterocycles. The summed E-state index contributed by atoms with van der Waals surface area (Å²) in [6, 6.07) is 0. The lowest BCUT2D eigenvalue weighted by Crippen LogP contribution is -2.10. The minimum absolute atomic E-state index is 0.0197. The van der Waals surface area contributed by atoms with Crippen molar-refractivity contribution in [3.8, 4) is 0 Å². The molecule has 0 amide bonds. The Balaban J connectivity index is 2.12. The third-order valence-corrected chi connectivity index (χ3v) is 2.37. The van der Waals surface area contributed by atoms with Gasteiger partial charge in [-0.25, -0.2) is 4.79 Å². The lowest BCUT2D eigenvalue weighted by molar-refractivity contribution is -0.135. The predicted molar refractivity (Wildman–Crippen MR) is 43.8 cm³/mol. The molecule has 1 N–H and O–H groups in total. The molecule has 0 aromatic carbocycles. The summed E-state index contributed by atoms with van der Waals surface area (Å²) in [6.07, 6.45) is 2.06. The highest BCUT2D eigenvalue weighted by Gasteiger charge is 2.29. The molecule has 0 radical (unpaired) electrons. The lowest BCUT2D eigenvalue weighted by atomic mass is 10.1. The van der Waals surface area contributed by atoms with Crippen LogP contribution in [0.1, 0.15) is 19.3 Å². The Bertz CT molecular complexity index is 256. The molecule has 2 aliphatic heterocycles. The number of hydrogen-bond donors (Lipinski definition) is 1. The highest BCUT2D eigenvalue weighted by atomic mass is 16.5. The molecule has 1 atom stereocenters. The molecule has 2 rings (SSSR count). The van der Waals surface area contributed by atoms with Gasteiger partial charge in [0.2, 0.25) is 0 Å². The molecule has 2 saturated heterocycles. The van der Waals surface area contributed by atoms with Crippen LogP contribution >= 0.6 is 0 Å². The summed E-state index contributed by atoms with van der Waals surface area (Å²) in [5, 5.41) is 8.83. The fraction of sp³-hybridized carbons (Fsp3) is 0.667. The lowest BCUT2D eigenvalue weighted by Gasteiger charge is -2.06. The molecule has 13 heavy (non-hydrogen) atoms. The first-order valence-electron chi connectivity index (χ1n) is 4.48. The van der Waals surface area contributed by atoms with Gasteiger partial charge in [-0.3, -0.25) is 0 Å². The maximum atomic E-state index is 11.1. The predicted octanol–water partition coefficient (Wildman–Crippen LogP) is 0.359. The van der Waals surface area contributed by atoms with Crippen molar-refractivity contribution in [1.29, 1.82) is 0 Å². The van der Waals surface area contributed by atoms with Crippen LogP contribution in [0.15, 0.2) is 11.3 Å². The molecule has 0 aromatic heterocycles. The molecular formula is C9H12O4. The summed E-state index contributed by atoms with van der Waals surface area (Å²) >= 11 is 0. The van der Waals surface area contributed by atoms with Crippen LogP contribution < -0.4 is 0 Å². The van der Waals surface area contributed by atoms with Crippen LogP contribution in [0, 0.1) is 0 Å². The first kappa shape index (κ1) is 8.56. The van der Waals surface area contributed by atoms with E-state index in [2.05, 4.69) is 0 Å². The first-order chi connectivity index (χ1) is 6.31. The molecule has 4 heteroatoms. The summed E-state index contributed by atoms with van der Waals surface area (Å²) < 4.78 is 10.2. The maximum absolute atomic E-state index is 11.1. The quantitative estimate of drug-likeness (QED) is 0.472. The second kappa shape index (κ2) is 3.38. The van der Waals surface area contributed by atoms with Gasteiger partial charge in [0.05, 0.1) is 18.8 Å². The van der Waals surface area contributed by atoms with Crippen molar-refractivity contribution in [2.75, 3.05) is 13.2 Å². The van der Waals surface area contributed by atoms with E-state index >= 15 is 0 Å². The van der Waals surface area contributed by atoms with Crippen molar-refractivity contribution >= 4 is 5.97 Å². The molecule has 0 unspecified atom stereocenters. The Kier molecular flexibility index (Phi) is 2.22. The second-order valence-electron chi connectivity index (χ2n) is 3.25. The smallest absolute Gasteiger partial charge is 0.337 e. The molecule has 0 saturated carbocycles. The van der Waals surface area contributed by atoms with Crippen LogP contribution in [-0.2, 0) is 14.3 Å². The number of allylic oxidation sites excluding steroid dienone is 1. The average molecular weight is 184 g/mol. The highest BCUT2D eigenvalue weighted by molar-refractivity contribution is 5.90. The maximum Gasteiger partial charge on any atom is 0.337 e. The van der Waals surface area contributed by atoms with Crippen LogP contribution in [0.4, 0.5) is 0 Å². The van der Waals surface area contributed by atoms with Gasteiger partial charge in [-0.2, -0.15) is 0 Å². The van der Waals surface area contributed by atoms with Crippen molar-refractivity contribution in [1.82, 2.24) is 0 Å². The Morgan fingerprint density at radius 3 is 2.85 bits per heavy atom. The zero-order valence-electron chi connectivity index (χ0n) is 7.28. The number of rotatable bonds is 1. The fourth-order valence-electron chi connectivity index (χ4n) is 1.65. The van der Waals surface area contributed by atoms with Crippen molar-refractivity contribution < 1.29 is 19.4 Å². The van der Waals surface area contributed by atoms with Crippen LogP contribution in [-0.4, -0.2) is 30.4 Å². The van der Waals surface area contributed by atoms with Crippen LogP contribution in [0.2, 0.25) is 0 Å². The summed E-state index contributed by atoms with van der Waals surface area (Å²) in [4.78, 5) is 11.1. The van der Waals surface area contributed by atoms with Gasteiger partial charge < -0.3 is 14.6 Å². The topological polar surface area (TPSA) is 55.8 Å². The van der Waals surface area contributed by atoms with E-state index in [9.17, 15) is 4.79 Å². The van der Waals surface area contributed by atoms with E-state index < -0.39 is 0 Å². The number of aliphatic hydroxyl groups is 1. The van der Waals surface area contributed by atoms with Gasteiger partial charge in [-0.05, 0) is 6.42 Å². The Morgan fingerprint density at radius 1 is 1.46 bits per heavy atom. The molecule has 2 fully saturated rings. The van der Waals surface area contributed by atoms with Gasteiger partial charge >= 0.3 is 5.97 Å². The summed E-state index contributed by atoms with van der Waals surface area (Å²) in [6.45, 7) is 0.483. The van der Waals surface area contributed by atoms with Crippen LogP contribution in [0.5, 0.6) is 0 Å². The Hall–Kier alpha value is -1.03. The molecule has 0 spiro atoms. The normalized spacial score (nSPS) is 33.3. The molecule has 0 aliphatic carbocycles. The third kappa shape index (κ3) is 1.54. The monoisotopic (exact) mass is 184 g/mol. The van der Waals surface area contributed by atoms with E-state index in [1.807, 2.05) is 0 Å². The average Bonchev–Trinajstić information content (AvgIpc) is 2.71. The number of ether oxygens (including phenoxy) is 2. The van der Waals surface area contributed by atoms with Gasteiger partial charge in [-0.15, -0.1) is 0 Å². The largest absolute Gasteiger partial charge is 0.492 e. The summed E-state index contributed by atoms with van der Waals surface area (Å²) in [5.41, 5.74) is 0.663. The molecule has 2 aliphatic rings. The van der Waals surface area contributed by atoms with E-state index in [4.69, 9.17) is 14.6 Å². The second-order valence-corrected chi connectivity index (χ2v) is 3.25. The number of hydrogen-bond acceptors (Lipinski definition) is 4. The zero-order chi connectivity index (χ0) is 9.26. The third-order valence-electron chi connectivity index (χ3n) is 2.37. The number of cyclic esters (lactones) is 1. The van der Waals surface area contributed by atoms with Crippen LogP contribution in [0.3, 0.4) is 0 Å². The number of carbonyl (C=O) groups excluding carboxylic acids is 1. The molecule has 0 bridgehead atoms. The molecule has 4 nitrogen and oxygen atoms in total. The van der Waals surface area contributed by atoms with Gasteiger partial charge in [-0.1, -0.05) is 0 Å². The highest BCUT2D eigenvalue weighted by Crippen LogP contribution is 2.29. The van der Waals surface area contributed by atoms with Gasteiger partial charge in [0.25, 0.3) is 0 Å². The fourth-order valence-corrected chi connectivity index (χ4v) is 1.65. The van der Waals surface area contributed by atoms with Crippen LogP contribution in [0.25, 0.3) is 0 Å². The van der Waals surface area contributed by atoms with Crippen molar-refractivity contribution in [2.45, 2.75) is 25.4 Å².